The van der Waals surface area contributed by atoms with Crippen LogP contribution in [0.3, 0.4) is 0 Å². The van der Waals surface area contributed by atoms with Crippen molar-refractivity contribution < 1.29 is 14.7 Å². The molecular formula is C19H20O3. The van der Waals surface area contributed by atoms with Crippen LogP contribution < -0.4 is 0 Å². The largest absolute Gasteiger partial charge is 0.481 e. The summed E-state index contributed by atoms with van der Waals surface area (Å²) >= 11 is 0. The lowest BCUT2D eigenvalue weighted by Gasteiger charge is -2.19. The number of rotatable bonds is 4. The first-order valence-corrected chi connectivity index (χ1v) is 7.23. The van der Waals surface area contributed by atoms with E-state index in [1.165, 1.54) is 5.56 Å². The minimum atomic E-state index is -1.10. The zero-order valence-corrected chi connectivity index (χ0v) is 13.1. The van der Waals surface area contributed by atoms with E-state index >= 15 is 0 Å². The molecule has 2 aromatic carbocycles. The fourth-order valence-electron chi connectivity index (χ4n) is 2.25. The van der Waals surface area contributed by atoms with E-state index in [4.69, 9.17) is 5.11 Å². The molecule has 0 bridgehead atoms. The van der Waals surface area contributed by atoms with Gasteiger partial charge in [0, 0.05) is 5.56 Å². The Hall–Kier alpha value is -2.42. The zero-order chi connectivity index (χ0) is 16.3. The van der Waals surface area contributed by atoms with Crippen molar-refractivity contribution >= 4 is 11.8 Å². The smallest absolute Gasteiger partial charge is 0.311 e. The Morgan fingerprint density at radius 3 is 1.73 bits per heavy atom. The van der Waals surface area contributed by atoms with E-state index in [1.54, 1.807) is 12.1 Å². The third-order valence-electron chi connectivity index (χ3n) is 3.60. The number of ketones is 1. The van der Waals surface area contributed by atoms with Gasteiger partial charge in [0.1, 0.15) is 6.42 Å². The molecule has 2 aromatic rings. The van der Waals surface area contributed by atoms with E-state index in [9.17, 15) is 9.59 Å². The average Bonchev–Trinajstić information content (AvgIpc) is 2.46. The van der Waals surface area contributed by atoms with Crippen molar-refractivity contribution in [1.29, 1.82) is 0 Å². The van der Waals surface area contributed by atoms with Crippen LogP contribution in [0, 0.1) is 0 Å². The summed E-state index contributed by atoms with van der Waals surface area (Å²) < 4.78 is 0. The summed E-state index contributed by atoms with van der Waals surface area (Å²) in [5, 5.41) is 8.65. The molecule has 1 N–H and O–H groups in total. The molecule has 0 spiro atoms. The fraction of sp³-hybridized carbons (Fsp3) is 0.263. The van der Waals surface area contributed by atoms with Crippen LogP contribution in [-0.2, 0) is 10.2 Å². The first-order chi connectivity index (χ1) is 10.3. The van der Waals surface area contributed by atoms with Gasteiger partial charge in [0.05, 0.1) is 0 Å². The second kappa shape index (κ2) is 6.14. The molecule has 0 atom stereocenters. The van der Waals surface area contributed by atoms with Crippen LogP contribution >= 0.6 is 0 Å². The summed E-state index contributed by atoms with van der Waals surface area (Å²) in [6.45, 7) is 6.51. The zero-order valence-electron chi connectivity index (χ0n) is 13.1. The molecule has 0 saturated carbocycles. The summed E-state index contributed by atoms with van der Waals surface area (Å²) in [5.74, 6) is -1.48. The number of carbonyl (C=O) groups is 2. The maximum absolute atomic E-state index is 11.7. The molecule has 0 amide bonds. The van der Waals surface area contributed by atoms with E-state index in [2.05, 4.69) is 45.0 Å². The quantitative estimate of drug-likeness (QED) is 0.675. The molecule has 0 heterocycles. The highest BCUT2D eigenvalue weighted by molar-refractivity contribution is 6.05. The molecule has 0 saturated heterocycles. The van der Waals surface area contributed by atoms with Gasteiger partial charge >= 0.3 is 5.97 Å². The van der Waals surface area contributed by atoms with Gasteiger partial charge in [-0.1, -0.05) is 69.3 Å². The van der Waals surface area contributed by atoms with Gasteiger partial charge in [-0.15, -0.1) is 0 Å². The lowest BCUT2D eigenvalue weighted by molar-refractivity contribution is -0.135. The number of carboxylic acids is 1. The minimum Gasteiger partial charge on any atom is -0.481 e. The molecule has 3 heteroatoms. The van der Waals surface area contributed by atoms with Crippen LogP contribution in [0.2, 0.25) is 0 Å². The van der Waals surface area contributed by atoms with Crippen LogP contribution in [0.25, 0.3) is 11.1 Å². The molecule has 0 fully saturated rings. The summed E-state index contributed by atoms with van der Waals surface area (Å²) in [6.07, 6.45) is -0.473. The molecule has 0 unspecified atom stereocenters. The van der Waals surface area contributed by atoms with Crippen molar-refractivity contribution in [3.63, 3.8) is 0 Å². The molecule has 0 aromatic heterocycles. The summed E-state index contributed by atoms with van der Waals surface area (Å²) in [6, 6.07) is 15.4. The Bertz CT molecular complexity index is 674. The van der Waals surface area contributed by atoms with Crippen molar-refractivity contribution in [3.05, 3.63) is 59.7 Å². The first-order valence-electron chi connectivity index (χ1n) is 7.23. The number of hydrogen-bond donors (Lipinski definition) is 1. The predicted molar refractivity (Wildman–Crippen MR) is 87.2 cm³/mol. The fourth-order valence-corrected chi connectivity index (χ4v) is 2.25. The van der Waals surface area contributed by atoms with E-state index < -0.39 is 12.4 Å². The lowest BCUT2D eigenvalue weighted by atomic mass is 9.86. The third-order valence-corrected chi connectivity index (χ3v) is 3.60. The Labute approximate surface area is 130 Å². The molecule has 0 aliphatic carbocycles. The van der Waals surface area contributed by atoms with Gasteiger partial charge in [0.2, 0.25) is 0 Å². The normalized spacial score (nSPS) is 11.2. The minimum absolute atomic E-state index is 0.117. The van der Waals surface area contributed by atoms with Gasteiger partial charge < -0.3 is 5.11 Å². The van der Waals surface area contributed by atoms with E-state index in [-0.39, 0.29) is 11.2 Å². The standard InChI is InChI=1S/C19H20O3/c1-19(2,3)16-10-8-14(9-11-16)13-4-6-15(7-5-13)17(20)12-18(21)22/h4-11H,12H2,1-3H3,(H,21,22). The van der Waals surface area contributed by atoms with Crippen molar-refractivity contribution in [3.8, 4) is 11.1 Å². The Kier molecular flexibility index (Phi) is 4.45. The number of Topliss-reactive ketones (excluding diaryl/α,β-unsaturated/α-hetero) is 1. The van der Waals surface area contributed by atoms with Gasteiger partial charge in [-0.3, -0.25) is 9.59 Å². The van der Waals surface area contributed by atoms with Crippen LogP contribution in [0.5, 0.6) is 0 Å². The lowest BCUT2D eigenvalue weighted by Crippen LogP contribution is -2.10. The first kappa shape index (κ1) is 16.0. The van der Waals surface area contributed by atoms with Crippen molar-refractivity contribution in [1.82, 2.24) is 0 Å². The van der Waals surface area contributed by atoms with Crippen molar-refractivity contribution in [2.24, 2.45) is 0 Å². The van der Waals surface area contributed by atoms with E-state index in [1.807, 2.05) is 12.1 Å². The van der Waals surface area contributed by atoms with Gasteiger partial charge in [-0.25, -0.2) is 0 Å². The van der Waals surface area contributed by atoms with Crippen LogP contribution in [0.4, 0.5) is 0 Å². The molecule has 0 aliphatic heterocycles. The highest BCUT2D eigenvalue weighted by atomic mass is 16.4. The monoisotopic (exact) mass is 296 g/mol. The van der Waals surface area contributed by atoms with Crippen LogP contribution in [0.1, 0.15) is 43.1 Å². The Balaban J connectivity index is 2.20. The summed E-state index contributed by atoms with van der Waals surface area (Å²) in [4.78, 5) is 22.2. The summed E-state index contributed by atoms with van der Waals surface area (Å²) in [5.41, 5.74) is 3.89. The van der Waals surface area contributed by atoms with Crippen molar-refractivity contribution in [2.45, 2.75) is 32.6 Å². The van der Waals surface area contributed by atoms with Crippen LogP contribution in [0.15, 0.2) is 48.5 Å². The molecule has 0 aliphatic rings. The molecule has 0 radical (unpaired) electrons. The molecule has 22 heavy (non-hydrogen) atoms. The highest BCUT2D eigenvalue weighted by Crippen LogP contribution is 2.26. The predicted octanol–water partition coefficient (Wildman–Crippen LogP) is 4.31. The molecule has 2 rings (SSSR count). The second-order valence-electron chi connectivity index (χ2n) is 6.40. The molecule has 3 nitrogen and oxygen atoms in total. The number of benzene rings is 2. The second-order valence-corrected chi connectivity index (χ2v) is 6.40. The van der Waals surface area contributed by atoms with E-state index in [0.717, 1.165) is 11.1 Å². The van der Waals surface area contributed by atoms with Crippen molar-refractivity contribution in [2.75, 3.05) is 0 Å². The molecular weight excluding hydrogens is 276 g/mol. The van der Waals surface area contributed by atoms with Gasteiger partial charge in [0.25, 0.3) is 0 Å². The molecule has 114 valence electrons. The maximum atomic E-state index is 11.7. The Morgan fingerprint density at radius 1 is 0.864 bits per heavy atom. The third kappa shape index (κ3) is 3.82. The van der Waals surface area contributed by atoms with E-state index in [0.29, 0.717) is 5.56 Å². The topological polar surface area (TPSA) is 54.4 Å². The number of aliphatic carboxylic acids is 1. The number of carbonyl (C=O) groups excluding carboxylic acids is 1. The van der Waals surface area contributed by atoms with Gasteiger partial charge in [0.15, 0.2) is 5.78 Å². The van der Waals surface area contributed by atoms with Crippen LogP contribution in [-0.4, -0.2) is 16.9 Å². The maximum Gasteiger partial charge on any atom is 0.311 e. The SMILES string of the molecule is CC(C)(C)c1ccc(-c2ccc(C(=O)CC(=O)O)cc2)cc1. The summed E-state index contributed by atoms with van der Waals surface area (Å²) in [7, 11) is 0. The average molecular weight is 296 g/mol. The highest BCUT2D eigenvalue weighted by Gasteiger charge is 2.13. The number of hydrogen-bond acceptors (Lipinski definition) is 2. The number of carboxylic acid groups (broad SMARTS) is 1. The Morgan fingerprint density at radius 2 is 1.32 bits per heavy atom. The van der Waals surface area contributed by atoms with Gasteiger partial charge in [-0.05, 0) is 22.1 Å². The van der Waals surface area contributed by atoms with Gasteiger partial charge in [-0.2, -0.15) is 0 Å².